The Morgan fingerprint density at radius 3 is 2.65 bits per heavy atom. The van der Waals surface area contributed by atoms with Crippen molar-refractivity contribution in [3.05, 3.63) is 50.1 Å². The van der Waals surface area contributed by atoms with Crippen molar-refractivity contribution in [3.63, 3.8) is 0 Å². The molecule has 1 aromatic carbocycles. The Balaban J connectivity index is 2.15. The van der Waals surface area contributed by atoms with E-state index in [4.69, 9.17) is 0 Å². The molecule has 0 aliphatic rings. The molecule has 0 unspecified atom stereocenters. The molecular weight excluding hydrogens is 341 g/mol. The fourth-order valence-electron chi connectivity index (χ4n) is 1.65. The first kappa shape index (κ1) is 15.3. The summed E-state index contributed by atoms with van der Waals surface area (Å²) in [5.74, 6) is -0.425. The average molecular weight is 356 g/mol. The summed E-state index contributed by atoms with van der Waals surface area (Å²) in [6.07, 6.45) is 0.249. The molecule has 0 radical (unpaired) electrons. The first-order valence-corrected chi connectivity index (χ1v) is 7.88. The highest BCUT2D eigenvalue weighted by molar-refractivity contribution is 9.10. The summed E-state index contributed by atoms with van der Waals surface area (Å²) in [6, 6.07) is 4.30. The summed E-state index contributed by atoms with van der Waals surface area (Å²) in [7, 11) is 0. The van der Waals surface area contributed by atoms with E-state index in [1.807, 2.05) is 5.38 Å². The average Bonchev–Trinajstić information content (AvgIpc) is 2.81. The zero-order valence-corrected chi connectivity index (χ0v) is 13.9. The molecule has 5 heteroatoms. The van der Waals surface area contributed by atoms with E-state index < -0.39 is 0 Å². The number of ketones is 1. The number of hydrogen-bond acceptors (Lipinski definition) is 3. The van der Waals surface area contributed by atoms with Crippen LogP contribution in [0.15, 0.2) is 28.1 Å². The maximum absolute atomic E-state index is 13.2. The number of benzene rings is 1. The van der Waals surface area contributed by atoms with Crippen LogP contribution in [0.3, 0.4) is 0 Å². The minimum Gasteiger partial charge on any atom is -0.294 e. The number of halogens is 2. The first-order chi connectivity index (χ1) is 9.27. The number of carbonyl (C=O) groups is 1. The molecule has 1 heterocycles. The summed E-state index contributed by atoms with van der Waals surface area (Å²) < 4.78 is 13.5. The minimum atomic E-state index is -0.370. The first-order valence-electron chi connectivity index (χ1n) is 6.20. The minimum absolute atomic E-state index is 0.0172. The van der Waals surface area contributed by atoms with Crippen LogP contribution in [-0.4, -0.2) is 10.8 Å². The van der Waals surface area contributed by atoms with E-state index in [1.165, 1.54) is 29.5 Å². The molecule has 0 aliphatic carbocycles. The summed E-state index contributed by atoms with van der Waals surface area (Å²) in [4.78, 5) is 16.7. The molecule has 106 valence electrons. The molecule has 2 aromatic rings. The second-order valence-electron chi connectivity index (χ2n) is 5.61. The molecule has 2 nitrogen and oxygen atoms in total. The molecule has 0 bridgehead atoms. The zero-order valence-electron chi connectivity index (χ0n) is 11.5. The number of nitrogens with zero attached hydrogens (tertiary/aromatic N) is 1. The van der Waals surface area contributed by atoms with Gasteiger partial charge in [-0.15, -0.1) is 11.3 Å². The van der Waals surface area contributed by atoms with E-state index in [0.29, 0.717) is 10.0 Å². The fourth-order valence-corrected chi connectivity index (χ4v) is 3.04. The Bertz CT molecular complexity index is 646. The van der Waals surface area contributed by atoms with Gasteiger partial charge in [-0.05, 0) is 34.1 Å². The number of rotatable bonds is 3. The second kappa shape index (κ2) is 5.74. The van der Waals surface area contributed by atoms with Crippen molar-refractivity contribution in [1.29, 1.82) is 0 Å². The van der Waals surface area contributed by atoms with Gasteiger partial charge >= 0.3 is 0 Å². The molecule has 0 N–H and O–H groups in total. The summed E-state index contributed by atoms with van der Waals surface area (Å²) >= 11 is 4.58. The van der Waals surface area contributed by atoms with Gasteiger partial charge < -0.3 is 0 Å². The summed E-state index contributed by atoms with van der Waals surface area (Å²) in [5, 5.41) is 2.78. The van der Waals surface area contributed by atoms with E-state index in [-0.39, 0.29) is 23.4 Å². The van der Waals surface area contributed by atoms with Crippen LogP contribution in [0.4, 0.5) is 4.39 Å². The van der Waals surface area contributed by atoms with Gasteiger partial charge in [-0.1, -0.05) is 20.8 Å². The fraction of sp³-hybridized carbons (Fsp3) is 0.333. The van der Waals surface area contributed by atoms with Gasteiger partial charge in [0.05, 0.1) is 16.6 Å². The Morgan fingerprint density at radius 2 is 2.10 bits per heavy atom. The third-order valence-corrected chi connectivity index (χ3v) is 4.33. The lowest BCUT2D eigenvalue weighted by molar-refractivity contribution is 0.0992. The molecule has 0 saturated heterocycles. The van der Waals surface area contributed by atoms with E-state index in [1.54, 1.807) is 0 Å². The van der Waals surface area contributed by atoms with Gasteiger partial charge in [0.15, 0.2) is 5.78 Å². The van der Waals surface area contributed by atoms with Gasteiger partial charge in [-0.3, -0.25) is 4.79 Å². The van der Waals surface area contributed by atoms with Gasteiger partial charge in [0, 0.05) is 16.4 Å². The molecule has 0 aliphatic heterocycles. The lowest BCUT2D eigenvalue weighted by atomic mass is 9.93. The Morgan fingerprint density at radius 1 is 1.40 bits per heavy atom. The quantitative estimate of drug-likeness (QED) is 0.742. The molecule has 20 heavy (non-hydrogen) atoms. The van der Waals surface area contributed by atoms with Crippen LogP contribution in [0.5, 0.6) is 0 Å². The SMILES string of the molecule is CC(C)(C)c1csc(CC(=O)c2ccc(F)c(Br)c2)n1. The van der Waals surface area contributed by atoms with Gasteiger partial charge in [-0.2, -0.15) is 0 Å². The van der Waals surface area contributed by atoms with E-state index >= 15 is 0 Å². The third-order valence-electron chi connectivity index (χ3n) is 2.87. The Kier molecular flexibility index (Phi) is 4.39. The van der Waals surface area contributed by atoms with Crippen molar-refractivity contribution in [2.24, 2.45) is 0 Å². The molecule has 2 rings (SSSR count). The van der Waals surface area contributed by atoms with Crippen molar-refractivity contribution in [2.75, 3.05) is 0 Å². The molecule has 1 aromatic heterocycles. The molecule has 0 amide bonds. The maximum atomic E-state index is 13.2. The highest BCUT2D eigenvalue weighted by Gasteiger charge is 2.19. The standard InChI is InChI=1S/C15H15BrFNOS/c1-15(2,3)13-8-20-14(18-13)7-12(19)9-4-5-11(17)10(16)6-9/h4-6,8H,7H2,1-3H3. The van der Waals surface area contributed by atoms with Crippen LogP contribution in [-0.2, 0) is 11.8 Å². The normalized spacial score (nSPS) is 11.7. The zero-order chi connectivity index (χ0) is 14.9. The summed E-state index contributed by atoms with van der Waals surface area (Å²) in [5.41, 5.74) is 1.47. The summed E-state index contributed by atoms with van der Waals surface area (Å²) in [6.45, 7) is 6.26. The smallest absolute Gasteiger partial charge is 0.169 e. The lowest BCUT2D eigenvalue weighted by Gasteiger charge is -2.14. The number of thiazole rings is 1. The van der Waals surface area contributed by atoms with Crippen molar-refractivity contribution < 1.29 is 9.18 Å². The molecular formula is C15H15BrFNOS. The number of carbonyl (C=O) groups excluding carboxylic acids is 1. The lowest BCUT2D eigenvalue weighted by Crippen LogP contribution is -2.12. The molecule has 0 fully saturated rings. The highest BCUT2D eigenvalue weighted by Crippen LogP contribution is 2.25. The topological polar surface area (TPSA) is 30.0 Å². The van der Waals surface area contributed by atoms with Crippen LogP contribution in [0.2, 0.25) is 0 Å². The van der Waals surface area contributed by atoms with Crippen LogP contribution in [0, 0.1) is 5.82 Å². The molecule has 0 spiro atoms. The van der Waals surface area contributed by atoms with Crippen molar-refractivity contribution in [2.45, 2.75) is 32.6 Å². The van der Waals surface area contributed by atoms with E-state index in [9.17, 15) is 9.18 Å². The van der Waals surface area contributed by atoms with Crippen LogP contribution in [0.1, 0.15) is 41.8 Å². The number of Topliss-reactive ketones (excluding diaryl/α,β-unsaturated/α-hetero) is 1. The van der Waals surface area contributed by atoms with Crippen molar-refractivity contribution >= 4 is 33.0 Å². The predicted molar refractivity (Wildman–Crippen MR) is 82.9 cm³/mol. The van der Waals surface area contributed by atoms with E-state index in [2.05, 4.69) is 41.7 Å². The molecule has 0 atom stereocenters. The monoisotopic (exact) mass is 355 g/mol. The maximum Gasteiger partial charge on any atom is 0.169 e. The largest absolute Gasteiger partial charge is 0.294 e. The van der Waals surface area contributed by atoms with Crippen LogP contribution in [0.25, 0.3) is 0 Å². The van der Waals surface area contributed by atoms with Gasteiger partial charge in [0.2, 0.25) is 0 Å². The van der Waals surface area contributed by atoms with Crippen LogP contribution >= 0.6 is 27.3 Å². The third kappa shape index (κ3) is 3.52. The van der Waals surface area contributed by atoms with Crippen LogP contribution < -0.4 is 0 Å². The highest BCUT2D eigenvalue weighted by atomic mass is 79.9. The van der Waals surface area contributed by atoms with Gasteiger partial charge in [-0.25, -0.2) is 9.37 Å². The molecule has 0 saturated carbocycles. The Labute approximate surface area is 130 Å². The van der Waals surface area contributed by atoms with Crippen molar-refractivity contribution in [1.82, 2.24) is 4.98 Å². The van der Waals surface area contributed by atoms with E-state index in [0.717, 1.165) is 10.7 Å². The van der Waals surface area contributed by atoms with Crippen molar-refractivity contribution in [3.8, 4) is 0 Å². The van der Waals surface area contributed by atoms with Gasteiger partial charge in [0.25, 0.3) is 0 Å². The predicted octanol–water partition coefficient (Wildman–Crippen LogP) is 4.77. The number of hydrogen-bond donors (Lipinski definition) is 0. The number of aromatic nitrogens is 1. The van der Waals surface area contributed by atoms with Gasteiger partial charge in [0.1, 0.15) is 10.8 Å². The second-order valence-corrected chi connectivity index (χ2v) is 7.40. The Hall–Kier alpha value is -1.07.